The second-order valence-electron chi connectivity index (χ2n) is 5.99. The van der Waals surface area contributed by atoms with Crippen LogP contribution in [0.15, 0.2) is 69.9 Å². The van der Waals surface area contributed by atoms with Gasteiger partial charge in [0, 0.05) is 12.6 Å². The summed E-state index contributed by atoms with van der Waals surface area (Å²) in [5.74, 6) is -1.48. The van der Waals surface area contributed by atoms with Gasteiger partial charge in [-0.2, -0.15) is 0 Å². The number of nitrogens with one attached hydrogen (secondary N) is 1. The molecule has 0 aliphatic heterocycles. The van der Waals surface area contributed by atoms with Crippen molar-refractivity contribution >= 4 is 22.8 Å². The molecule has 0 spiro atoms. The summed E-state index contributed by atoms with van der Waals surface area (Å²) in [5, 5.41) is 3.07. The van der Waals surface area contributed by atoms with E-state index < -0.39 is 18.5 Å². The Hall–Kier alpha value is -3.41. The van der Waals surface area contributed by atoms with E-state index in [0.29, 0.717) is 17.5 Å². The molecule has 3 rings (SSSR count). The van der Waals surface area contributed by atoms with Gasteiger partial charge in [-0.25, -0.2) is 4.79 Å². The molecule has 0 atom stereocenters. The lowest BCUT2D eigenvalue weighted by atomic mass is 10.1. The molecule has 1 heterocycles. The van der Waals surface area contributed by atoms with Crippen LogP contribution in [0.4, 0.5) is 0 Å². The van der Waals surface area contributed by atoms with Gasteiger partial charge in [-0.15, -0.1) is 0 Å². The normalized spacial score (nSPS) is 10.5. The molecule has 0 bridgehead atoms. The number of hydrogen-bond acceptors (Lipinski definition) is 5. The lowest BCUT2D eigenvalue weighted by Gasteiger charge is -2.07. The van der Waals surface area contributed by atoms with Crippen LogP contribution >= 0.6 is 0 Å². The van der Waals surface area contributed by atoms with E-state index in [0.717, 1.165) is 18.9 Å². The predicted octanol–water partition coefficient (Wildman–Crippen LogP) is 2.70. The molecule has 27 heavy (non-hydrogen) atoms. The minimum absolute atomic E-state index is 0.226. The summed E-state index contributed by atoms with van der Waals surface area (Å²) in [4.78, 5) is 35.8. The molecule has 138 valence electrons. The van der Waals surface area contributed by atoms with E-state index in [2.05, 4.69) is 5.32 Å². The Morgan fingerprint density at radius 3 is 2.56 bits per heavy atom. The predicted molar refractivity (Wildman–Crippen MR) is 101 cm³/mol. The highest BCUT2D eigenvalue weighted by molar-refractivity contribution is 5.90. The van der Waals surface area contributed by atoms with Crippen molar-refractivity contribution in [1.82, 2.24) is 5.32 Å². The fourth-order valence-electron chi connectivity index (χ4n) is 2.62. The molecule has 3 aromatic rings. The number of rotatable bonds is 7. The van der Waals surface area contributed by atoms with E-state index in [1.165, 1.54) is 5.56 Å². The van der Waals surface area contributed by atoms with Gasteiger partial charge in [-0.3, -0.25) is 9.59 Å². The van der Waals surface area contributed by atoms with Gasteiger partial charge in [0.1, 0.15) is 5.58 Å². The third-order valence-electron chi connectivity index (χ3n) is 3.98. The van der Waals surface area contributed by atoms with Crippen LogP contribution in [0.1, 0.15) is 22.5 Å². The zero-order valence-electron chi connectivity index (χ0n) is 14.6. The van der Waals surface area contributed by atoms with Gasteiger partial charge in [-0.05, 0) is 30.5 Å². The Labute approximate surface area is 155 Å². The Morgan fingerprint density at radius 1 is 1.00 bits per heavy atom. The van der Waals surface area contributed by atoms with E-state index in [1.807, 2.05) is 30.3 Å². The molecule has 0 saturated heterocycles. The van der Waals surface area contributed by atoms with E-state index in [-0.39, 0.29) is 11.2 Å². The highest BCUT2D eigenvalue weighted by atomic mass is 16.5. The van der Waals surface area contributed by atoms with Crippen molar-refractivity contribution in [3.8, 4) is 0 Å². The van der Waals surface area contributed by atoms with Crippen molar-refractivity contribution in [2.75, 3.05) is 13.2 Å². The van der Waals surface area contributed by atoms with Crippen molar-refractivity contribution in [3.05, 3.63) is 82.2 Å². The molecule has 1 aromatic heterocycles. The summed E-state index contributed by atoms with van der Waals surface area (Å²) in [6.45, 7) is 0.0526. The fraction of sp³-hybridized carbons (Fsp3) is 0.190. The topological polar surface area (TPSA) is 85.6 Å². The first-order valence-electron chi connectivity index (χ1n) is 8.64. The zero-order chi connectivity index (χ0) is 19.1. The van der Waals surface area contributed by atoms with Crippen molar-refractivity contribution in [2.45, 2.75) is 12.8 Å². The number of carbonyl (C=O) groups excluding carboxylic acids is 2. The lowest BCUT2D eigenvalue weighted by Crippen LogP contribution is -2.30. The van der Waals surface area contributed by atoms with Gasteiger partial charge in [0.15, 0.2) is 12.0 Å². The number of amides is 1. The second kappa shape index (κ2) is 8.80. The minimum Gasteiger partial charge on any atom is -0.450 e. The number of fused-ring (bicyclic) bond motifs is 1. The molecule has 0 saturated carbocycles. The van der Waals surface area contributed by atoms with Gasteiger partial charge in [0.05, 0.1) is 5.39 Å². The number of aryl methyl sites for hydroxylation is 1. The van der Waals surface area contributed by atoms with Crippen molar-refractivity contribution in [2.24, 2.45) is 0 Å². The van der Waals surface area contributed by atoms with Crippen molar-refractivity contribution in [3.63, 3.8) is 0 Å². The van der Waals surface area contributed by atoms with Gasteiger partial charge in [-0.1, -0.05) is 42.5 Å². The summed E-state index contributed by atoms with van der Waals surface area (Å²) >= 11 is 0. The van der Waals surface area contributed by atoms with Crippen LogP contribution in [0.25, 0.3) is 11.0 Å². The molecular weight excluding hydrogens is 346 g/mol. The molecule has 6 heteroatoms. The van der Waals surface area contributed by atoms with Crippen LogP contribution in [0.5, 0.6) is 0 Å². The number of esters is 1. The summed E-state index contributed by atoms with van der Waals surface area (Å²) in [7, 11) is 0. The highest BCUT2D eigenvalue weighted by Crippen LogP contribution is 2.12. The van der Waals surface area contributed by atoms with Crippen molar-refractivity contribution in [1.29, 1.82) is 0 Å². The molecule has 0 aliphatic carbocycles. The molecule has 0 fully saturated rings. The monoisotopic (exact) mass is 365 g/mol. The summed E-state index contributed by atoms with van der Waals surface area (Å²) in [6.07, 6.45) is 1.63. The molecule has 1 N–H and O–H groups in total. The van der Waals surface area contributed by atoms with Gasteiger partial charge < -0.3 is 14.5 Å². The third-order valence-corrected chi connectivity index (χ3v) is 3.98. The van der Waals surface area contributed by atoms with Crippen LogP contribution in [0, 0.1) is 0 Å². The van der Waals surface area contributed by atoms with Crippen molar-refractivity contribution < 1.29 is 18.7 Å². The SMILES string of the molecule is O=C(COC(=O)c1cc(=O)c2ccccc2o1)NCCCc1ccccc1. The quantitative estimate of drug-likeness (QED) is 0.514. The lowest BCUT2D eigenvalue weighted by molar-refractivity contribution is -0.124. The maximum Gasteiger partial charge on any atom is 0.374 e. The standard InChI is InChI=1S/C21H19NO5/c23-17-13-19(27-18-11-5-4-10-16(17)18)21(25)26-14-20(24)22-12-6-9-15-7-2-1-3-8-15/h1-5,7-8,10-11,13H,6,9,12,14H2,(H,22,24). The Morgan fingerprint density at radius 2 is 1.74 bits per heavy atom. The highest BCUT2D eigenvalue weighted by Gasteiger charge is 2.15. The molecule has 0 radical (unpaired) electrons. The van der Waals surface area contributed by atoms with E-state index in [9.17, 15) is 14.4 Å². The first-order chi connectivity index (χ1) is 13.1. The maximum atomic E-state index is 12.0. The molecule has 0 aliphatic rings. The smallest absolute Gasteiger partial charge is 0.374 e. The fourth-order valence-corrected chi connectivity index (χ4v) is 2.62. The number of ether oxygens (including phenoxy) is 1. The van der Waals surface area contributed by atoms with Crippen LogP contribution in [-0.2, 0) is 16.0 Å². The molecule has 1 amide bonds. The molecule has 6 nitrogen and oxygen atoms in total. The van der Waals surface area contributed by atoms with Crippen LogP contribution in [0.2, 0.25) is 0 Å². The number of para-hydroxylation sites is 1. The largest absolute Gasteiger partial charge is 0.450 e. The van der Waals surface area contributed by atoms with E-state index in [1.54, 1.807) is 24.3 Å². The second-order valence-corrected chi connectivity index (χ2v) is 5.99. The van der Waals surface area contributed by atoms with E-state index in [4.69, 9.17) is 9.15 Å². The summed E-state index contributed by atoms with van der Waals surface area (Å²) in [6, 6.07) is 17.6. The maximum absolute atomic E-state index is 12.0. The first kappa shape index (κ1) is 18.4. The molecule has 2 aromatic carbocycles. The Balaban J connectivity index is 1.46. The molecular formula is C21H19NO5. The average Bonchev–Trinajstić information content (AvgIpc) is 2.70. The van der Waals surface area contributed by atoms with Gasteiger partial charge in [0.25, 0.3) is 5.91 Å². The van der Waals surface area contributed by atoms with E-state index >= 15 is 0 Å². The van der Waals surface area contributed by atoms with Crippen LogP contribution in [-0.4, -0.2) is 25.0 Å². The molecule has 0 unspecified atom stereocenters. The Kier molecular flexibility index (Phi) is 5.99. The van der Waals surface area contributed by atoms with Gasteiger partial charge in [0.2, 0.25) is 5.76 Å². The van der Waals surface area contributed by atoms with Crippen LogP contribution in [0.3, 0.4) is 0 Å². The van der Waals surface area contributed by atoms with Crippen LogP contribution < -0.4 is 10.7 Å². The number of carbonyl (C=O) groups is 2. The summed E-state index contributed by atoms with van der Waals surface area (Å²) in [5.41, 5.74) is 1.15. The van der Waals surface area contributed by atoms with Gasteiger partial charge >= 0.3 is 5.97 Å². The number of hydrogen-bond donors (Lipinski definition) is 1. The summed E-state index contributed by atoms with van der Waals surface area (Å²) < 4.78 is 10.3. The number of benzene rings is 2. The Bertz CT molecular complexity index is 994. The zero-order valence-corrected chi connectivity index (χ0v) is 14.6. The minimum atomic E-state index is -0.850. The first-order valence-corrected chi connectivity index (χ1v) is 8.64. The average molecular weight is 365 g/mol. The third kappa shape index (κ3) is 5.04.